The molecule has 1 aliphatic rings. The van der Waals surface area contributed by atoms with Crippen molar-refractivity contribution in [3.8, 4) is 0 Å². The molecule has 0 fully saturated rings. The number of carboxylic acids is 1. The topological polar surface area (TPSA) is 75.1 Å². The van der Waals surface area contributed by atoms with Gasteiger partial charge in [0.25, 0.3) is 0 Å². The predicted octanol–water partition coefficient (Wildman–Crippen LogP) is 2.02. The molecule has 0 bridgehead atoms. The average Bonchev–Trinajstić information content (AvgIpc) is 2.53. The summed E-state index contributed by atoms with van der Waals surface area (Å²) in [5.41, 5.74) is 2.29. The number of hydrogen-bond donors (Lipinski definition) is 2. The van der Waals surface area contributed by atoms with Crippen LogP contribution >= 0.6 is 0 Å². The van der Waals surface area contributed by atoms with E-state index < -0.39 is 5.97 Å². The number of carbonyl (C=O) groups is 1. The van der Waals surface area contributed by atoms with E-state index in [-0.39, 0.29) is 12.5 Å². The summed E-state index contributed by atoms with van der Waals surface area (Å²) >= 11 is 0. The molecule has 2 rings (SSSR count). The van der Waals surface area contributed by atoms with Crippen LogP contribution in [0.4, 0.5) is 5.82 Å². The largest absolute Gasteiger partial charge is 0.481 e. The number of aliphatic carboxylic acids is 1. The minimum atomic E-state index is -0.796. The average molecular weight is 249 g/mol. The molecule has 0 amide bonds. The molecule has 0 saturated carbocycles. The molecule has 0 aromatic carbocycles. The summed E-state index contributed by atoms with van der Waals surface area (Å²) < 4.78 is 0. The second kappa shape index (κ2) is 5.80. The van der Waals surface area contributed by atoms with E-state index in [1.807, 2.05) is 6.92 Å². The number of aromatic nitrogens is 2. The first-order chi connectivity index (χ1) is 8.66. The predicted molar refractivity (Wildman–Crippen MR) is 68.6 cm³/mol. The number of anilines is 1. The zero-order valence-corrected chi connectivity index (χ0v) is 10.6. The standard InChI is InChI=1S/C13H19N3O2/c1-9(7-12(17)18)16-13-10-5-3-2-4-6-11(10)14-8-15-13/h8-9H,2-7H2,1H3,(H,17,18)(H,14,15,16). The Kier molecular flexibility index (Phi) is 4.12. The molecular formula is C13H19N3O2. The lowest BCUT2D eigenvalue weighted by molar-refractivity contribution is -0.137. The van der Waals surface area contributed by atoms with Gasteiger partial charge in [-0.05, 0) is 32.6 Å². The van der Waals surface area contributed by atoms with E-state index in [2.05, 4.69) is 15.3 Å². The first-order valence-corrected chi connectivity index (χ1v) is 6.48. The Labute approximate surface area is 107 Å². The molecule has 1 aromatic rings. The Morgan fingerprint density at radius 1 is 1.39 bits per heavy atom. The van der Waals surface area contributed by atoms with Gasteiger partial charge in [-0.25, -0.2) is 9.97 Å². The molecule has 2 N–H and O–H groups in total. The van der Waals surface area contributed by atoms with Crippen LogP contribution in [-0.2, 0) is 17.6 Å². The van der Waals surface area contributed by atoms with Crippen LogP contribution in [0.2, 0.25) is 0 Å². The lowest BCUT2D eigenvalue weighted by Gasteiger charge is -2.16. The summed E-state index contributed by atoms with van der Waals surface area (Å²) in [5.74, 6) is 0.0193. The van der Waals surface area contributed by atoms with Gasteiger partial charge in [-0.3, -0.25) is 4.79 Å². The van der Waals surface area contributed by atoms with Crippen LogP contribution in [0, 0.1) is 0 Å². The summed E-state index contributed by atoms with van der Waals surface area (Å²) in [7, 11) is 0. The fourth-order valence-corrected chi connectivity index (χ4v) is 2.37. The van der Waals surface area contributed by atoms with Gasteiger partial charge in [0.05, 0.1) is 6.42 Å². The summed E-state index contributed by atoms with van der Waals surface area (Å²) in [4.78, 5) is 19.3. The van der Waals surface area contributed by atoms with Crippen molar-refractivity contribution in [2.75, 3.05) is 5.32 Å². The van der Waals surface area contributed by atoms with E-state index >= 15 is 0 Å². The van der Waals surface area contributed by atoms with Crippen LogP contribution in [0.5, 0.6) is 0 Å². The Morgan fingerprint density at radius 3 is 2.94 bits per heavy atom. The molecule has 18 heavy (non-hydrogen) atoms. The van der Waals surface area contributed by atoms with Crippen molar-refractivity contribution in [1.82, 2.24) is 9.97 Å². The van der Waals surface area contributed by atoms with Crippen molar-refractivity contribution in [2.24, 2.45) is 0 Å². The monoisotopic (exact) mass is 249 g/mol. The van der Waals surface area contributed by atoms with Crippen LogP contribution in [-0.4, -0.2) is 27.1 Å². The molecule has 1 aromatic heterocycles. The van der Waals surface area contributed by atoms with E-state index in [1.54, 1.807) is 6.33 Å². The number of carboxylic acid groups (broad SMARTS) is 1. The molecule has 1 unspecified atom stereocenters. The quantitative estimate of drug-likeness (QED) is 0.798. The highest BCUT2D eigenvalue weighted by molar-refractivity contribution is 5.68. The molecule has 0 spiro atoms. The van der Waals surface area contributed by atoms with Gasteiger partial charge in [-0.2, -0.15) is 0 Å². The second-order valence-electron chi connectivity index (χ2n) is 4.85. The molecule has 1 atom stereocenters. The first-order valence-electron chi connectivity index (χ1n) is 6.48. The van der Waals surface area contributed by atoms with Crippen molar-refractivity contribution < 1.29 is 9.90 Å². The highest BCUT2D eigenvalue weighted by Crippen LogP contribution is 2.24. The molecule has 0 radical (unpaired) electrons. The maximum absolute atomic E-state index is 10.7. The maximum atomic E-state index is 10.7. The molecule has 98 valence electrons. The molecule has 5 heteroatoms. The summed E-state index contributed by atoms with van der Waals surface area (Å²) in [6.07, 6.45) is 7.20. The van der Waals surface area contributed by atoms with Gasteiger partial charge in [0.2, 0.25) is 0 Å². The van der Waals surface area contributed by atoms with Crippen molar-refractivity contribution in [3.05, 3.63) is 17.6 Å². The Morgan fingerprint density at radius 2 is 2.17 bits per heavy atom. The number of nitrogens with zero attached hydrogens (tertiary/aromatic N) is 2. The number of fused-ring (bicyclic) bond motifs is 1. The van der Waals surface area contributed by atoms with E-state index in [1.165, 1.54) is 18.4 Å². The summed E-state index contributed by atoms with van der Waals surface area (Å²) in [5, 5.41) is 12.0. The Balaban J connectivity index is 2.15. The number of aryl methyl sites for hydroxylation is 1. The number of nitrogens with one attached hydrogen (secondary N) is 1. The summed E-state index contributed by atoms with van der Waals surface area (Å²) in [6.45, 7) is 1.86. The Bertz CT molecular complexity index is 434. The Hall–Kier alpha value is -1.65. The molecule has 5 nitrogen and oxygen atoms in total. The number of hydrogen-bond acceptors (Lipinski definition) is 4. The lowest BCUT2D eigenvalue weighted by Crippen LogP contribution is -2.21. The lowest BCUT2D eigenvalue weighted by atomic mass is 10.1. The van der Waals surface area contributed by atoms with E-state index in [0.29, 0.717) is 0 Å². The van der Waals surface area contributed by atoms with Crippen molar-refractivity contribution in [3.63, 3.8) is 0 Å². The minimum Gasteiger partial charge on any atom is -0.481 e. The fraction of sp³-hybridized carbons (Fsp3) is 0.615. The highest BCUT2D eigenvalue weighted by atomic mass is 16.4. The molecule has 0 saturated heterocycles. The van der Waals surface area contributed by atoms with Gasteiger partial charge >= 0.3 is 5.97 Å². The van der Waals surface area contributed by atoms with Crippen LogP contribution in [0.1, 0.15) is 43.9 Å². The van der Waals surface area contributed by atoms with Crippen LogP contribution in [0.15, 0.2) is 6.33 Å². The fourth-order valence-electron chi connectivity index (χ4n) is 2.37. The number of rotatable bonds is 4. The zero-order valence-electron chi connectivity index (χ0n) is 10.6. The molecule has 1 heterocycles. The zero-order chi connectivity index (χ0) is 13.0. The van der Waals surface area contributed by atoms with Crippen molar-refractivity contribution in [2.45, 2.75) is 51.5 Å². The first kappa shape index (κ1) is 12.8. The van der Waals surface area contributed by atoms with E-state index in [9.17, 15) is 4.79 Å². The SMILES string of the molecule is CC(CC(=O)O)Nc1ncnc2c1CCCCC2. The normalized spacial score (nSPS) is 16.5. The molecular weight excluding hydrogens is 230 g/mol. The third-order valence-corrected chi connectivity index (χ3v) is 3.24. The minimum absolute atomic E-state index is 0.0960. The smallest absolute Gasteiger partial charge is 0.305 e. The molecule has 0 aliphatic heterocycles. The highest BCUT2D eigenvalue weighted by Gasteiger charge is 2.16. The van der Waals surface area contributed by atoms with Crippen LogP contribution in [0.25, 0.3) is 0 Å². The van der Waals surface area contributed by atoms with Gasteiger partial charge in [-0.1, -0.05) is 6.42 Å². The van der Waals surface area contributed by atoms with Crippen LogP contribution in [0.3, 0.4) is 0 Å². The summed E-state index contributed by atoms with van der Waals surface area (Å²) in [6, 6.07) is -0.121. The molecule has 1 aliphatic carbocycles. The van der Waals surface area contributed by atoms with Gasteiger partial charge < -0.3 is 10.4 Å². The van der Waals surface area contributed by atoms with E-state index in [0.717, 1.165) is 30.8 Å². The van der Waals surface area contributed by atoms with Crippen molar-refractivity contribution in [1.29, 1.82) is 0 Å². The third-order valence-electron chi connectivity index (χ3n) is 3.24. The maximum Gasteiger partial charge on any atom is 0.305 e. The van der Waals surface area contributed by atoms with Crippen molar-refractivity contribution >= 4 is 11.8 Å². The third kappa shape index (κ3) is 3.18. The van der Waals surface area contributed by atoms with Crippen LogP contribution < -0.4 is 5.32 Å². The van der Waals surface area contributed by atoms with Gasteiger partial charge in [0.1, 0.15) is 12.1 Å². The van der Waals surface area contributed by atoms with Gasteiger partial charge in [0.15, 0.2) is 0 Å². The van der Waals surface area contributed by atoms with E-state index in [4.69, 9.17) is 5.11 Å². The second-order valence-corrected chi connectivity index (χ2v) is 4.85. The van der Waals surface area contributed by atoms with Gasteiger partial charge in [-0.15, -0.1) is 0 Å². The van der Waals surface area contributed by atoms with Gasteiger partial charge in [0, 0.05) is 17.3 Å².